The van der Waals surface area contributed by atoms with Crippen molar-refractivity contribution in [3.8, 4) is 0 Å². The van der Waals surface area contributed by atoms with Gasteiger partial charge in [0.1, 0.15) is 10.7 Å². The molecular weight excluding hydrogens is 238 g/mol. The van der Waals surface area contributed by atoms with E-state index in [0.717, 1.165) is 12.8 Å². The lowest BCUT2D eigenvalue weighted by Crippen LogP contribution is -2.31. The van der Waals surface area contributed by atoms with E-state index >= 15 is 0 Å². The molecule has 0 radical (unpaired) electrons. The standard InChI is InChI=1S/C10H13N5OS/c11-9(17)7-3-4-12-10(15-7)13-5-8(16)14-6-1-2-6/h3-4,6H,1-2,5H2,(H2,11,17)(H,14,16)(H,12,13,15). The van der Waals surface area contributed by atoms with Gasteiger partial charge >= 0.3 is 0 Å². The van der Waals surface area contributed by atoms with Crippen LogP contribution in [-0.4, -0.2) is 33.5 Å². The molecular formula is C10H13N5OS. The van der Waals surface area contributed by atoms with Crippen LogP contribution < -0.4 is 16.4 Å². The highest BCUT2D eigenvalue weighted by Crippen LogP contribution is 2.18. The Balaban J connectivity index is 1.87. The van der Waals surface area contributed by atoms with Crippen LogP contribution in [0.2, 0.25) is 0 Å². The fourth-order valence-electron chi connectivity index (χ4n) is 1.25. The number of anilines is 1. The van der Waals surface area contributed by atoms with Crippen molar-refractivity contribution in [3.63, 3.8) is 0 Å². The average Bonchev–Trinajstić information content (AvgIpc) is 3.11. The summed E-state index contributed by atoms with van der Waals surface area (Å²) in [5, 5.41) is 5.68. The van der Waals surface area contributed by atoms with E-state index in [1.165, 1.54) is 0 Å². The molecule has 2 rings (SSSR count). The van der Waals surface area contributed by atoms with E-state index in [4.69, 9.17) is 18.0 Å². The highest BCUT2D eigenvalue weighted by Gasteiger charge is 2.22. The van der Waals surface area contributed by atoms with Crippen LogP contribution in [0.3, 0.4) is 0 Å². The van der Waals surface area contributed by atoms with E-state index in [1.807, 2.05) is 0 Å². The second-order valence-corrected chi connectivity index (χ2v) is 4.26. The molecule has 0 aromatic carbocycles. The second kappa shape index (κ2) is 5.05. The number of nitrogens with zero attached hydrogens (tertiary/aromatic N) is 2. The van der Waals surface area contributed by atoms with Gasteiger partial charge < -0.3 is 16.4 Å². The largest absolute Gasteiger partial charge is 0.388 e. The monoisotopic (exact) mass is 251 g/mol. The SMILES string of the molecule is NC(=S)c1ccnc(NCC(=O)NC2CC2)n1. The molecule has 1 saturated carbocycles. The van der Waals surface area contributed by atoms with Gasteiger partial charge in [0, 0.05) is 12.2 Å². The highest BCUT2D eigenvalue weighted by molar-refractivity contribution is 7.80. The van der Waals surface area contributed by atoms with Gasteiger partial charge in [0.2, 0.25) is 11.9 Å². The van der Waals surface area contributed by atoms with Crippen LogP contribution in [0.5, 0.6) is 0 Å². The topological polar surface area (TPSA) is 92.9 Å². The summed E-state index contributed by atoms with van der Waals surface area (Å²) in [5.74, 6) is 0.290. The average molecular weight is 251 g/mol. The summed E-state index contributed by atoms with van der Waals surface area (Å²) in [6.07, 6.45) is 3.68. The van der Waals surface area contributed by atoms with Crippen molar-refractivity contribution in [2.45, 2.75) is 18.9 Å². The Morgan fingerprint density at radius 2 is 2.35 bits per heavy atom. The van der Waals surface area contributed by atoms with E-state index in [9.17, 15) is 4.79 Å². The van der Waals surface area contributed by atoms with Crippen molar-refractivity contribution in [1.82, 2.24) is 15.3 Å². The van der Waals surface area contributed by atoms with Crippen LogP contribution in [0, 0.1) is 0 Å². The molecule has 1 aliphatic rings. The lowest BCUT2D eigenvalue weighted by atomic mass is 10.4. The number of hydrogen-bond acceptors (Lipinski definition) is 5. The molecule has 1 amide bonds. The Labute approximate surface area is 104 Å². The van der Waals surface area contributed by atoms with Crippen LogP contribution in [0.25, 0.3) is 0 Å². The molecule has 7 heteroatoms. The smallest absolute Gasteiger partial charge is 0.239 e. The Kier molecular flexibility index (Phi) is 3.48. The van der Waals surface area contributed by atoms with Crippen molar-refractivity contribution < 1.29 is 4.79 Å². The third kappa shape index (κ3) is 3.63. The summed E-state index contributed by atoms with van der Waals surface area (Å²) in [4.78, 5) is 19.7. The lowest BCUT2D eigenvalue weighted by molar-refractivity contribution is -0.119. The predicted octanol–water partition coefficient (Wildman–Crippen LogP) is -0.199. The van der Waals surface area contributed by atoms with Crippen molar-refractivity contribution in [2.24, 2.45) is 5.73 Å². The third-order valence-corrected chi connectivity index (χ3v) is 2.47. The maximum atomic E-state index is 11.4. The maximum Gasteiger partial charge on any atom is 0.239 e. The molecule has 0 unspecified atom stereocenters. The quantitative estimate of drug-likeness (QED) is 0.628. The van der Waals surface area contributed by atoms with Gasteiger partial charge in [0.25, 0.3) is 0 Å². The zero-order valence-electron chi connectivity index (χ0n) is 9.14. The van der Waals surface area contributed by atoms with Crippen LogP contribution in [0.15, 0.2) is 12.3 Å². The number of rotatable bonds is 5. The molecule has 0 atom stereocenters. The van der Waals surface area contributed by atoms with E-state index in [-0.39, 0.29) is 17.4 Å². The molecule has 0 bridgehead atoms. The number of aromatic nitrogens is 2. The molecule has 90 valence electrons. The minimum Gasteiger partial charge on any atom is -0.388 e. The van der Waals surface area contributed by atoms with Crippen LogP contribution in [0.1, 0.15) is 18.5 Å². The summed E-state index contributed by atoms with van der Waals surface area (Å²) in [6, 6.07) is 1.98. The molecule has 1 aromatic rings. The first-order valence-electron chi connectivity index (χ1n) is 5.31. The molecule has 17 heavy (non-hydrogen) atoms. The summed E-state index contributed by atoms with van der Waals surface area (Å²) < 4.78 is 0. The van der Waals surface area contributed by atoms with E-state index in [2.05, 4.69) is 20.6 Å². The van der Waals surface area contributed by atoms with Gasteiger partial charge in [-0.2, -0.15) is 0 Å². The number of nitrogens with two attached hydrogens (primary N) is 1. The summed E-state index contributed by atoms with van der Waals surface area (Å²) in [5.41, 5.74) is 5.93. The third-order valence-electron chi connectivity index (χ3n) is 2.26. The molecule has 4 N–H and O–H groups in total. The second-order valence-electron chi connectivity index (χ2n) is 3.83. The predicted molar refractivity (Wildman–Crippen MR) is 67.6 cm³/mol. The highest BCUT2D eigenvalue weighted by atomic mass is 32.1. The van der Waals surface area contributed by atoms with Crippen LogP contribution in [0.4, 0.5) is 5.95 Å². The van der Waals surface area contributed by atoms with Gasteiger partial charge in [0.15, 0.2) is 0 Å². The number of carbonyl (C=O) groups is 1. The van der Waals surface area contributed by atoms with Gasteiger partial charge in [-0.25, -0.2) is 9.97 Å². The van der Waals surface area contributed by atoms with E-state index in [1.54, 1.807) is 12.3 Å². The van der Waals surface area contributed by atoms with Gasteiger partial charge in [-0.3, -0.25) is 4.79 Å². The first kappa shape index (κ1) is 11.7. The molecule has 6 nitrogen and oxygen atoms in total. The minimum absolute atomic E-state index is 0.0585. The molecule has 0 spiro atoms. The maximum absolute atomic E-state index is 11.4. The van der Waals surface area contributed by atoms with Crippen LogP contribution >= 0.6 is 12.2 Å². The van der Waals surface area contributed by atoms with Crippen molar-refractivity contribution in [2.75, 3.05) is 11.9 Å². The Hall–Kier alpha value is -1.76. The fraction of sp³-hybridized carbons (Fsp3) is 0.400. The molecule has 0 saturated heterocycles. The number of thiocarbonyl (C=S) groups is 1. The van der Waals surface area contributed by atoms with E-state index in [0.29, 0.717) is 17.7 Å². The van der Waals surface area contributed by atoms with Gasteiger partial charge in [-0.15, -0.1) is 0 Å². The Morgan fingerprint density at radius 1 is 1.59 bits per heavy atom. The van der Waals surface area contributed by atoms with Crippen molar-refractivity contribution >= 4 is 29.1 Å². The van der Waals surface area contributed by atoms with Crippen LogP contribution in [-0.2, 0) is 4.79 Å². The molecule has 1 aliphatic carbocycles. The number of amides is 1. The number of hydrogen-bond donors (Lipinski definition) is 3. The summed E-state index contributed by atoms with van der Waals surface area (Å²) in [6.45, 7) is 0.150. The zero-order chi connectivity index (χ0) is 12.3. The zero-order valence-corrected chi connectivity index (χ0v) is 9.96. The minimum atomic E-state index is -0.0585. The normalized spacial score (nSPS) is 14.1. The van der Waals surface area contributed by atoms with Gasteiger partial charge in [-0.05, 0) is 18.9 Å². The van der Waals surface area contributed by atoms with E-state index < -0.39 is 0 Å². The number of nitrogens with one attached hydrogen (secondary N) is 2. The summed E-state index contributed by atoms with van der Waals surface area (Å²) >= 11 is 4.80. The molecule has 1 aromatic heterocycles. The van der Waals surface area contributed by atoms with Gasteiger partial charge in [-0.1, -0.05) is 12.2 Å². The molecule has 1 heterocycles. The summed E-state index contributed by atoms with van der Waals surface area (Å²) in [7, 11) is 0. The first-order valence-corrected chi connectivity index (χ1v) is 5.72. The first-order chi connectivity index (χ1) is 8.15. The van der Waals surface area contributed by atoms with Crippen molar-refractivity contribution in [1.29, 1.82) is 0 Å². The lowest BCUT2D eigenvalue weighted by Gasteiger charge is -2.06. The molecule has 1 fully saturated rings. The Bertz CT molecular complexity index is 446. The molecule has 0 aliphatic heterocycles. The number of carbonyl (C=O) groups excluding carboxylic acids is 1. The Morgan fingerprint density at radius 3 is 3.00 bits per heavy atom. The van der Waals surface area contributed by atoms with Crippen molar-refractivity contribution in [3.05, 3.63) is 18.0 Å². The fourth-order valence-corrected chi connectivity index (χ4v) is 1.36. The van der Waals surface area contributed by atoms with Gasteiger partial charge in [0.05, 0.1) is 6.54 Å².